The molecule has 13 heavy (non-hydrogen) atoms. The van der Waals surface area contributed by atoms with Gasteiger partial charge in [-0.2, -0.15) is 0 Å². The van der Waals surface area contributed by atoms with Gasteiger partial charge in [-0.15, -0.1) is 0 Å². The second-order valence-corrected chi connectivity index (χ2v) is 4.15. The summed E-state index contributed by atoms with van der Waals surface area (Å²) in [6, 6.07) is 0. The van der Waals surface area contributed by atoms with E-state index in [0.717, 1.165) is 5.92 Å². The van der Waals surface area contributed by atoms with Gasteiger partial charge in [0.15, 0.2) is 0 Å². The normalized spacial score (nSPS) is 8.31. The second-order valence-electron chi connectivity index (χ2n) is 4.15. The minimum Gasteiger partial charge on any atom is -0.0656 e. The van der Waals surface area contributed by atoms with Crippen LogP contribution in [-0.4, -0.2) is 0 Å². The van der Waals surface area contributed by atoms with Crippen molar-refractivity contribution in [2.75, 3.05) is 0 Å². The summed E-state index contributed by atoms with van der Waals surface area (Å²) in [5, 5.41) is 0. The van der Waals surface area contributed by atoms with Crippen LogP contribution in [0.15, 0.2) is 0 Å². The molecule has 0 amide bonds. The van der Waals surface area contributed by atoms with Crippen LogP contribution in [0.5, 0.6) is 0 Å². The highest BCUT2D eigenvalue weighted by atomic mass is 13.8. The largest absolute Gasteiger partial charge is 0.0656 e. The zero-order valence-electron chi connectivity index (χ0n) is 11.1. The molecule has 0 aromatic rings. The first-order chi connectivity index (χ1) is 6.06. The van der Waals surface area contributed by atoms with Crippen molar-refractivity contribution in [3.05, 3.63) is 0 Å². The first kappa shape index (κ1) is 18.7. The van der Waals surface area contributed by atoms with Crippen molar-refractivity contribution in [1.29, 1.82) is 0 Å². The van der Waals surface area contributed by atoms with Crippen molar-refractivity contribution in [3.63, 3.8) is 0 Å². The van der Waals surface area contributed by atoms with Gasteiger partial charge in [0, 0.05) is 0 Å². The highest BCUT2D eigenvalue weighted by molar-refractivity contribution is 4.31. The SMILES string of the molecule is CC(C)C.CCC.CCCCCC. The van der Waals surface area contributed by atoms with Crippen LogP contribution in [0.3, 0.4) is 0 Å². The Morgan fingerprint density at radius 3 is 0.923 bits per heavy atom. The van der Waals surface area contributed by atoms with Crippen molar-refractivity contribution in [1.82, 2.24) is 0 Å². The molecule has 0 aliphatic carbocycles. The number of unbranched alkanes of at least 4 members (excludes halogenated alkanes) is 3. The Balaban J connectivity index is -0.000000125. The molecule has 0 saturated heterocycles. The molecular weight excluding hydrogens is 156 g/mol. The van der Waals surface area contributed by atoms with E-state index in [-0.39, 0.29) is 0 Å². The van der Waals surface area contributed by atoms with Gasteiger partial charge in [-0.05, 0) is 5.92 Å². The van der Waals surface area contributed by atoms with E-state index in [4.69, 9.17) is 0 Å². The van der Waals surface area contributed by atoms with E-state index in [1.165, 1.54) is 32.1 Å². The Labute approximate surface area is 87.1 Å². The van der Waals surface area contributed by atoms with Crippen LogP contribution in [0.4, 0.5) is 0 Å². The lowest BCUT2D eigenvalue weighted by molar-refractivity contribution is 0.702. The van der Waals surface area contributed by atoms with Crippen molar-refractivity contribution < 1.29 is 0 Å². The quantitative estimate of drug-likeness (QED) is 0.501. The summed E-state index contributed by atoms with van der Waals surface area (Å²) in [5.74, 6) is 0.833. The van der Waals surface area contributed by atoms with Gasteiger partial charge in [0.2, 0.25) is 0 Å². The maximum Gasteiger partial charge on any atom is -0.0500 e. The molecule has 0 nitrogen and oxygen atoms in total. The Morgan fingerprint density at radius 1 is 0.692 bits per heavy atom. The smallest absolute Gasteiger partial charge is 0.0500 e. The van der Waals surface area contributed by atoms with E-state index in [1.807, 2.05) is 0 Å². The summed E-state index contributed by atoms with van der Waals surface area (Å²) in [6.45, 7) is 15.2. The predicted octanol–water partition coefficient (Wildman–Crippen LogP) is 5.67. The lowest BCUT2D eigenvalue weighted by atomic mass is 10.2. The van der Waals surface area contributed by atoms with Gasteiger partial charge in [0.05, 0.1) is 0 Å². The molecule has 0 N–H and O–H groups in total. The van der Waals surface area contributed by atoms with Crippen LogP contribution in [0, 0.1) is 5.92 Å². The van der Waals surface area contributed by atoms with Crippen LogP contribution in [-0.2, 0) is 0 Å². The van der Waals surface area contributed by atoms with E-state index >= 15 is 0 Å². The topological polar surface area (TPSA) is 0 Å². The van der Waals surface area contributed by atoms with E-state index in [2.05, 4.69) is 48.5 Å². The Kier molecular flexibility index (Phi) is 32.7. The number of rotatable bonds is 3. The summed E-state index contributed by atoms with van der Waals surface area (Å²) in [4.78, 5) is 0. The van der Waals surface area contributed by atoms with Crippen LogP contribution in [0.1, 0.15) is 80.6 Å². The van der Waals surface area contributed by atoms with Gasteiger partial charge in [-0.25, -0.2) is 0 Å². The molecule has 0 heteroatoms. The lowest BCUT2D eigenvalue weighted by Gasteiger charge is -1.86. The molecule has 0 spiro atoms. The maximum absolute atomic E-state index is 2.23. The van der Waals surface area contributed by atoms with E-state index in [1.54, 1.807) is 0 Å². The molecular formula is C13H32. The molecule has 0 atom stereocenters. The van der Waals surface area contributed by atoms with E-state index < -0.39 is 0 Å². The summed E-state index contributed by atoms with van der Waals surface area (Å²) in [7, 11) is 0. The first-order valence-corrected chi connectivity index (χ1v) is 6.06. The molecule has 0 aromatic heterocycles. The molecule has 0 fully saturated rings. The van der Waals surface area contributed by atoms with Crippen molar-refractivity contribution in [2.24, 2.45) is 5.92 Å². The molecule has 0 aliphatic rings. The van der Waals surface area contributed by atoms with Crippen LogP contribution in [0.2, 0.25) is 0 Å². The molecule has 0 bridgehead atoms. The van der Waals surface area contributed by atoms with Crippen LogP contribution in [0.25, 0.3) is 0 Å². The number of hydrogen-bond acceptors (Lipinski definition) is 0. The monoisotopic (exact) mass is 188 g/mol. The summed E-state index contributed by atoms with van der Waals surface area (Å²) in [6.07, 6.45) is 6.79. The summed E-state index contributed by atoms with van der Waals surface area (Å²) in [5.41, 5.74) is 0. The van der Waals surface area contributed by atoms with Gasteiger partial charge >= 0.3 is 0 Å². The predicted molar refractivity (Wildman–Crippen MR) is 66.3 cm³/mol. The fourth-order valence-corrected chi connectivity index (χ4v) is 0.500. The fraction of sp³-hybridized carbons (Fsp3) is 1.00. The molecule has 0 saturated carbocycles. The molecule has 0 aromatic carbocycles. The third-order valence-electron chi connectivity index (χ3n) is 0.957. The zero-order valence-corrected chi connectivity index (χ0v) is 11.1. The first-order valence-electron chi connectivity index (χ1n) is 6.06. The van der Waals surface area contributed by atoms with Gasteiger partial charge in [0.25, 0.3) is 0 Å². The molecule has 0 unspecified atom stereocenters. The minimum atomic E-state index is 0.833. The van der Waals surface area contributed by atoms with Crippen molar-refractivity contribution in [3.8, 4) is 0 Å². The van der Waals surface area contributed by atoms with Crippen molar-refractivity contribution in [2.45, 2.75) is 80.6 Å². The van der Waals surface area contributed by atoms with E-state index in [9.17, 15) is 0 Å². The average Bonchev–Trinajstić information content (AvgIpc) is 2.01. The van der Waals surface area contributed by atoms with E-state index in [0.29, 0.717) is 0 Å². The minimum absolute atomic E-state index is 0.833. The average molecular weight is 188 g/mol. The van der Waals surface area contributed by atoms with Gasteiger partial charge in [-0.3, -0.25) is 0 Å². The molecule has 84 valence electrons. The highest BCUT2D eigenvalue weighted by Gasteiger charge is 1.75. The van der Waals surface area contributed by atoms with Gasteiger partial charge in [-0.1, -0.05) is 80.6 Å². The Bertz CT molecular complexity index is 39.2. The Hall–Kier alpha value is 0. The third-order valence-corrected chi connectivity index (χ3v) is 0.957. The summed E-state index contributed by atoms with van der Waals surface area (Å²) < 4.78 is 0. The zero-order chi connectivity index (χ0) is 11.1. The van der Waals surface area contributed by atoms with Crippen LogP contribution >= 0.6 is 0 Å². The standard InChI is InChI=1S/C6H14.C4H10.C3H8/c1-3-5-6-4-2;1-4(2)3;1-3-2/h3-6H2,1-2H3;4H,1-3H3;3H2,1-2H3. The maximum atomic E-state index is 2.23. The number of hydrogen-bond donors (Lipinski definition) is 0. The molecule has 0 rings (SSSR count). The highest BCUT2D eigenvalue weighted by Crippen LogP contribution is 1.95. The third kappa shape index (κ3) is 133. The molecule has 0 aliphatic heterocycles. The van der Waals surface area contributed by atoms with Gasteiger partial charge in [0.1, 0.15) is 0 Å². The van der Waals surface area contributed by atoms with Crippen LogP contribution < -0.4 is 0 Å². The molecule has 0 heterocycles. The molecule has 0 radical (unpaired) electrons. The van der Waals surface area contributed by atoms with Gasteiger partial charge < -0.3 is 0 Å². The van der Waals surface area contributed by atoms with Crippen molar-refractivity contribution >= 4 is 0 Å². The Morgan fingerprint density at radius 2 is 0.846 bits per heavy atom. The summed E-state index contributed by atoms with van der Waals surface area (Å²) >= 11 is 0. The fourth-order valence-electron chi connectivity index (χ4n) is 0.500. The lowest BCUT2D eigenvalue weighted by Crippen LogP contribution is -1.66. The second kappa shape index (κ2) is 22.7.